The molecule has 1 unspecified atom stereocenters. The molecule has 1 saturated heterocycles. The van der Waals surface area contributed by atoms with E-state index in [9.17, 15) is 4.79 Å². The van der Waals surface area contributed by atoms with Crippen molar-refractivity contribution < 1.29 is 4.79 Å². The molecule has 1 aliphatic rings. The highest BCUT2D eigenvalue weighted by atomic mass is 16.2. The molecule has 2 rings (SSSR count). The van der Waals surface area contributed by atoms with Crippen LogP contribution in [0.1, 0.15) is 31.7 Å². The van der Waals surface area contributed by atoms with Crippen LogP contribution >= 0.6 is 0 Å². The molecule has 1 aliphatic heterocycles. The second-order valence-electron chi connectivity index (χ2n) is 5.58. The van der Waals surface area contributed by atoms with Gasteiger partial charge in [0, 0.05) is 19.1 Å². The molecular weight excluding hydrogens is 250 g/mol. The SMILES string of the molecule is CC[C@@H](N)C(=O)NC1CCCN(Cc2ccccc2)C1. The van der Waals surface area contributed by atoms with Crippen LogP contribution in [0.3, 0.4) is 0 Å². The molecular formula is C16H25N3O. The first-order valence-electron chi connectivity index (χ1n) is 7.51. The Kier molecular flexibility index (Phi) is 5.56. The summed E-state index contributed by atoms with van der Waals surface area (Å²) in [6, 6.07) is 10.3. The van der Waals surface area contributed by atoms with Gasteiger partial charge in [0.15, 0.2) is 0 Å². The Hall–Kier alpha value is -1.39. The van der Waals surface area contributed by atoms with Crippen molar-refractivity contribution in [2.75, 3.05) is 13.1 Å². The number of nitrogens with two attached hydrogens (primary N) is 1. The lowest BCUT2D eigenvalue weighted by atomic mass is 10.0. The lowest BCUT2D eigenvalue weighted by Gasteiger charge is -2.33. The number of carbonyl (C=O) groups is 1. The highest BCUT2D eigenvalue weighted by molar-refractivity contribution is 5.81. The number of piperidine rings is 1. The summed E-state index contributed by atoms with van der Waals surface area (Å²) < 4.78 is 0. The number of carbonyl (C=O) groups excluding carboxylic acids is 1. The second kappa shape index (κ2) is 7.41. The van der Waals surface area contributed by atoms with Gasteiger partial charge in [-0.1, -0.05) is 37.3 Å². The fraction of sp³-hybridized carbons (Fsp3) is 0.562. The molecule has 0 aliphatic carbocycles. The number of hydrogen-bond donors (Lipinski definition) is 2. The van der Waals surface area contributed by atoms with Crippen molar-refractivity contribution in [3.63, 3.8) is 0 Å². The van der Waals surface area contributed by atoms with E-state index in [1.807, 2.05) is 13.0 Å². The molecule has 1 fully saturated rings. The average molecular weight is 275 g/mol. The van der Waals surface area contributed by atoms with Crippen LogP contribution in [0.5, 0.6) is 0 Å². The molecule has 0 bridgehead atoms. The third-order valence-electron chi connectivity index (χ3n) is 3.88. The number of nitrogens with one attached hydrogen (secondary N) is 1. The first-order chi connectivity index (χ1) is 9.69. The first-order valence-corrected chi connectivity index (χ1v) is 7.51. The third kappa shape index (κ3) is 4.32. The molecule has 1 aromatic carbocycles. The van der Waals surface area contributed by atoms with E-state index in [0.717, 1.165) is 32.5 Å². The minimum atomic E-state index is -0.375. The quantitative estimate of drug-likeness (QED) is 0.856. The van der Waals surface area contributed by atoms with Crippen LogP contribution in [0.4, 0.5) is 0 Å². The predicted molar refractivity (Wildman–Crippen MR) is 81.2 cm³/mol. The normalized spacial score (nSPS) is 21.4. The fourth-order valence-corrected chi connectivity index (χ4v) is 2.65. The summed E-state index contributed by atoms with van der Waals surface area (Å²) in [5, 5.41) is 3.08. The zero-order valence-electron chi connectivity index (χ0n) is 12.2. The van der Waals surface area contributed by atoms with Crippen molar-refractivity contribution in [1.82, 2.24) is 10.2 Å². The summed E-state index contributed by atoms with van der Waals surface area (Å²) in [5.74, 6) is -0.0148. The van der Waals surface area contributed by atoms with Crippen LogP contribution in [0, 0.1) is 0 Å². The number of benzene rings is 1. The first kappa shape index (κ1) is 15.0. The van der Waals surface area contributed by atoms with E-state index in [1.54, 1.807) is 0 Å². The van der Waals surface area contributed by atoms with E-state index in [1.165, 1.54) is 5.56 Å². The molecule has 1 heterocycles. The van der Waals surface area contributed by atoms with Gasteiger partial charge in [-0.3, -0.25) is 9.69 Å². The van der Waals surface area contributed by atoms with E-state index in [-0.39, 0.29) is 18.0 Å². The zero-order valence-corrected chi connectivity index (χ0v) is 12.2. The molecule has 0 radical (unpaired) electrons. The van der Waals surface area contributed by atoms with Crippen molar-refractivity contribution in [3.05, 3.63) is 35.9 Å². The molecule has 2 atom stereocenters. The minimum Gasteiger partial charge on any atom is -0.351 e. The van der Waals surface area contributed by atoms with Gasteiger partial charge in [-0.15, -0.1) is 0 Å². The molecule has 3 N–H and O–H groups in total. The van der Waals surface area contributed by atoms with Crippen molar-refractivity contribution in [3.8, 4) is 0 Å². The smallest absolute Gasteiger partial charge is 0.237 e. The minimum absolute atomic E-state index is 0.0148. The maximum Gasteiger partial charge on any atom is 0.237 e. The molecule has 4 nitrogen and oxygen atoms in total. The van der Waals surface area contributed by atoms with Crippen LogP contribution in [0.25, 0.3) is 0 Å². The average Bonchev–Trinajstić information content (AvgIpc) is 2.47. The Morgan fingerprint density at radius 1 is 1.45 bits per heavy atom. The van der Waals surface area contributed by atoms with Gasteiger partial charge in [-0.2, -0.15) is 0 Å². The molecule has 1 aromatic rings. The van der Waals surface area contributed by atoms with E-state index in [4.69, 9.17) is 5.73 Å². The van der Waals surface area contributed by atoms with Gasteiger partial charge in [-0.05, 0) is 31.4 Å². The summed E-state index contributed by atoms with van der Waals surface area (Å²) >= 11 is 0. The van der Waals surface area contributed by atoms with E-state index in [2.05, 4.69) is 34.5 Å². The number of amides is 1. The number of nitrogens with zero attached hydrogens (tertiary/aromatic N) is 1. The maximum absolute atomic E-state index is 11.9. The van der Waals surface area contributed by atoms with Crippen molar-refractivity contribution in [1.29, 1.82) is 0 Å². The summed E-state index contributed by atoms with van der Waals surface area (Å²) in [5.41, 5.74) is 7.09. The molecule has 20 heavy (non-hydrogen) atoms. The van der Waals surface area contributed by atoms with E-state index < -0.39 is 0 Å². The topological polar surface area (TPSA) is 58.4 Å². The van der Waals surface area contributed by atoms with Crippen LogP contribution in [0.15, 0.2) is 30.3 Å². The molecule has 1 amide bonds. The summed E-state index contributed by atoms with van der Waals surface area (Å²) in [4.78, 5) is 14.3. The summed E-state index contributed by atoms with van der Waals surface area (Å²) in [7, 11) is 0. The van der Waals surface area contributed by atoms with Gasteiger partial charge in [-0.25, -0.2) is 0 Å². The van der Waals surface area contributed by atoms with Crippen molar-refractivity contribution >= 4 is 5.91 Å². The van der Waals surface area contributed by atoms with Crippen molar-refractivity contribution in [2.45, 2.75) is 44.8 Å². The van der Waals surface area contributed by atoms with Crippen LogP contribution in [-0.2, 0) is 11.3 Å². The Morgan fingerprint density at radius 3 is 2.90 bits per heavy atom. The van der Waals surface area contributed by atoms with Gasteiger partial charge in [0.05, 0.1) is 6.04 Å². The highest BCUT2D eigenvalue weighted by Crippen LogP contribution is 2.13. The highest BCUT2D eigenvalue weighted by Gasteiger charge is 2.22. The Morgan fingerprint density at radius 2 is 2.20 bits per heavy atom. The standard InChI is InChI=1S/C16H25N3O/c1-2-15(17)16(20)18-14-9-6-10-19(12-14)11-13-7-4-3-5-8-13/h3-5,7-8,14-15H,2,6,9-12,17H2,1H3,(H,18,20)/t14?,15-/m1/s1. The maximum atomic E-state index is 11.9. The lowest BCUT2D eigenvalue weighted by Crippen LogP contribution is -2.51. The summed E-state index contributed by atoms with van der Waals surface area (Å²) in [6.45, 7) is 4.90. The lowest BCUT2D eigenvalue weighted by molar-refractivity contribution is -0.123. The Labute approximate surface area is 121 Å². The van der Waals surface area contributed by atoms with Gasteiger partial charge in [0.25, 0.3) is 0 Å². The number of rotatable bonds is 5. The molecule has 0 aromatic heterocycles. The largest absolute Gasteiger partial charge is 0.351 e. The zero-order chi connectivity index (χ0) is 14.4. The molecule has 0 spiro atoms. The van der Waals surface area contributed by atoms with Crippen LogP contribution in [0.2, 0.25) is 0 Å². The second-order valence-corrected chi connectivity index (χ2v) is 5.58. The number of likely N-dealkylation sites (tertiary alicyclic amines) is 1. The fourth-order valence-electron chi connectivity index (χ4n) is 2.65. The summed E-state index contributed by atoms with van der Waals surface area (Å²) in [6.07, 6.45) is 2.86. The van der Waals surface area contributed by atoms with Gasteiger partial charge in [0.1, 0.15) is 0 Å². The Bertz CT molecular complexity index is 421. The number of hydrogen-bond acceptors (Lipinski definition) is 3. The van der Waals surface area contributed by atoms with Crippen LogP contribution in [-0.4, -0.2) is 36.0 Å². The predicted octanol–water partition coefficient (Wildman–Crippen LogP) is 1.50. The van der Waals surface area contributed by atoms with E-state index in [0.29, 0.717) is 6.42 Å². The third-order valence-corrected chi connectivity index (χ3v) is 3.88. The van der Waals surface area contributed by atoms with Gasteiger partial charge in [0.2, 0.25) is 5.91 Å². The molecule has 110 valence electrons. The van der Waals surface area contributed by atoms with Crippen LogP contribution < -0.4 is 11.1 Å². The van der Waals surface area contributed by atoms with E-state index >= 15 is 0 Å². The molecule has 4 heteroatoms. The van der Waals surface area contributed by atoms with Gasteiger partial charge < -0.3 is 11.1 Å². The molecule has 0 saturated carbocycles. The monoisotopic (exact) mass is 275 g/mol. The van der Waals surface area contributed by atoms with Crippen molar-refractivity contribution in [2.24, 2.45) is 5.73 Å². The van der Waals surface area contributed by atoms with Gasteiger partial charge >= 0.3 is 0 Å². The Balaban J connectivity index is 1.84.